The predicted octanol–water partition coefficient (Wildman–Crippen LogP) is 2.92. The Labute approximate surface area is 102 Å². The normalized spacial score (nSPS) is 11.8. The zero-order valence-corrected chi connectivity index (χ0v) is 9.92. The maximum Gasteiger partial charge on any atom is 0.289 e. The van der Waals surface area contributed by atoms with Crippen molar-refractivity contribution in [3.05, 3.63) is 35.8 Å². The molecule has 1 aromatic heterocycles. The van der Waals surface area contributed by atoms with E-state index in [1.807, 2.05) is 0 Å². The lowest BCUT2D eigenvalue weighted by Gasteiger charge is -2.10. The van der Waals surface area contributed by atoms with Gasteiger partial charge in [-0.3, -0.25) is 4.68 Å². The lowest BCUT2D eigenvalue weighted by molar-refractivity contribution is 0.0128. The van der Waals surface area contributed by atoms with Crippen LogP contribution in [0.1, 0.15) is 12.6 Å². The van der Waals surface area contributed by atoms with Gasteiger partial charge >= 0.3 is 0 Å². The number of hydrogen-bond acceptors (Lipinski definition) is 2. The number of nitrogen functional groups attached to an aromatic ring is 1. The summed E-state index contributed by atoms with van der Waals surface area (Å²) < 4.78 is 41.3. The van der Waals surface area contributed by atoms with Gasteiger partial charge in [-0.15, -0.1) is 0 Å². The highest BCUT2D eigenvalue weighted by Gasteiger charge is 2.33. The molecule has 2 aromatic rings. The second kappa shape index (κ2) is 4.04. The second-order valence-electron chi connectivity index (χ2n) is 4.13. The molecule has 2 N–H and O–H groups in total. The number of benzene rings is 1. The van der Waals surface area contributed by atoms with E-state index in [0.29, 0.717) is 0 Å². The molecular weight excluding hydrogens is 243 g/mol. The fourth-order valence-electron chi connectivity index (χ4n) is 1.77. The Kier molecular flexibility index (Phi) is 2.80. The topological polar surface area (TPSA) is 43.8 Å². The van der Waals surface area contributed by atoms with E-state index in [0.717, 1.165) is 17.7 Å². The third kappa shape index (κ3) is 2.05. The summed E-state index contributed by atoms with van der Waals surface area (Å²) >= 11 is 0. The van der Waals surface area contributed by atoms with Crippen LogP contribution < -0.4 is 5.73 Å². The molecule has 1 aromatic carbocycles. The first-order chi connectivity index (χ1) is 8.30. The molecule has 0 amide bonds. The van der Waals surface area contributed by atoms with Gasteiger partial charge in [0.1, 0.15) is 17.3 Å². The van der Waals surface area contributed by atoms with Crippen molar-refractivity contribution in [3.8, 4) is 11.1 Å². The molecule has 18 heavy (non-hydrogen) atoms. The van der Waals surface area contributed by atoms with Crippen LogP contribution in [0.3, 0.4) is 0 Å². The van der Waals surface area contributed by atoms with Crippen molar-refractivity contribution in [3.63, 3.8) is 0 Å². The van der Waals surface area contributed by atoms with Crippen LogP contribution in [-0.4, -0.2) is 9.78 Å². The highest BCUT2D eigenvalue weighted by atomic mass is 19.3. The summed E-state index contributed by atoms with van der Waals surface area (Å²) in [5.41, 5.74) is 5.64. The summed E-state index contributed by atoms with van der Waals surface area (Å²) in [6.07, 6.45) is 0. The summed E-state index contributed by atoms with van der Waals surface area (Å²) in [4.78, 5) is 0. The van der Waals surface area contributed by atoms with E-state index >= 15 is 0 Å². The number of halogens is 3. The molecule has 0 atom stereocenters. The van der Waals surface area contributed by atoms with Gasteiger partial charge in [-0.05, 0) is 17.7 Å². The average Bonchev–Trinajstić information content (AvgIpc) is 2.55. The number of aryl methyl sites for hydroxylation is 1. The monoisotopic (exact) mass is 255 g/mol. The van der Waals surface area contributed by atoms with Gasteiger partial charge in [0.2, 0.25) is 0 Å². The van der Waals surface area contributed by atoms with Crippen LogP contribution in [0.5, 0.6) is 0 Å². The van der Waals surface area contributed by atoms with Crippen LogP contribution >= 0.6 is 0 Å². The first kappa shape index (κ1) is 12.5. The zero-order chi connectivity index (χ0) is 13.5. The molecule has 0 unspecified atom stereocenters. The van der Waals surface area contributed by atoms with E-state index < -0.39 is 17.4 Å². The quantitative estimate of drug-likeness (QED) is 0.896. The molecular formula is C12H12F3N3. The number of nitrogens with zero attached hydrogens (tertiary/aromatic N) is 2. The van der Waals surface area contributed by atoms with E-state index in [2.05, 4.69) is 5.10 Å². The summed E-state index contributed by atoms with van der Waals surface area (Å²) in [7, 11) is 1.47. The Hall–Kier alpha value is -1.98. The predicted molar refractivity (Wildman–Crippen MR) is 62.6 cm³/mol. The van der Waals surface area contributed by atoms with E-state index in [1.165, 1.54) is 25.2 Å². The highest BCUT2D eigenvalue weighted by Crippen LogP contribution is 2.38. The maximum absolute atomic E-state index is 13.5. The number of hydrogen-bond donors (Lipinski definition) is 1. The number of aromatic nitrogens is 2. The van der Waals surface area contributed by atoms with Gasteiger partial charge in [-0.25, -0.2) is 4.39 Å². The molecule has 6 heteroatoms. The first-order valence-electron chi connectivity index (χ1n) is 5.27. The van der Waals surface area contributed by atoms with Crippen molar-refractivity contribution in [2.75, 3.05) is 5.73 Å². The summed E-state index contributed by atoms with van der Waals surface area (Å²) in [6.45, 7) is 0.734. The highest BCUT2D eigenvalue weighted by molar-refractivity contribution is 5.77. The van der Waals surface area contributed by atoms with E-state index in [4.69, 9.17) is 5.73 Å². The number of rotatable bonds is 2. The number of nitrogens with two attached hydrogens (primary N) is 1. The van der Waals surface area contributed by atoms with Crippen molar-refractivity contribution in [2.24, 2.45) is 7.05 Å². The van der Waals surface area contributed by atoms with Crippen molar-refractivity contribution in [1.82, 2.24) is 9.78 Å². The maximum atomic E-state index is 13.5. The fourth-order valence-corrected chi connectivity index (χ4v) is 1.77. The van der Waals surface area contributed by atoms with Crippen molar-refractivity contribution in [1.29, 1.82) is 0 Å². The Morgan fingerprint density at radius 1 is 1.33 bits per heavy atom. The molecule has 0 aliphatic carbocycles. The molecule has 3 nitrogen and oxygen atoms in total. The molecule has 0 aliphatic rings. The van der Waals surface area contributed by atoms with E-state index in [-0.39, 0.29) is 16.9 Å². The van der Waals surface area contributed by atoms with Crippen molar-refractivity contribution >= 4 is 5.82 Å². The number of alkyl halides is 2. The Morgan fingerprint density at radius 2 is 2.00 bits per heavy atom. The molecule has 0 radical (unpaired) electrons. The number of anilines is 1. The summed E-state index contributed by atoms with van der Waals surface area (Å²) in [5.74, 6) is -3.57. The Bertz CT molecular complexity index is 585. The van der Waals surface area contributed by atoms with Crippen LogP contribution in [0, 0.1) is 5.82 Å². The Morgan fingerprint density at radius 3 is 2.56 bits per heavy atom. The van der Waals surface area contributed by atoms with E-state index in [9.17, 15) is 13.2 Å². The minimum Gasteiger partial charge on any atom is -0.383 e. The van der Waals surface area contributed by atoms with Gasteiger partial charge in [-0.2, -0.15) is 13.9 Å². The molecule has 96 valence electrons. The molecule has 0 saturated heterocycles. The fraction of sp³-hybridized carbons (Fsp3) is 0.250. The first-order valence-corrected chi connectivity index (χ1v) is 5.27. The van der Waals surface area contributed by atoms with Gasteiger partial charge in [0.15, 0.2) is 0 Å². The molecule has 0 aliphatic heterocycles. The summed E-state index contributed by atoms with van der Waals surface area (Å²) in [5, 5.41) is 3.71. The van der Waals surface area contributed by atoms with E-state index in [1.54, 1.807) is 0 Å². The molecule has 0 fully saturated rings. The molecule has 0 bridgehead atoms. The van der Waals surface area contributed by atoms with Crippen LogP contribution in [0.15, 0.2) is 24.3 Å². The third-order valence-electron chi connectivity index (χ3n) is 2.62. The van der Waals surface area contributed by atoms with Gasteiger partial charge in [0.05, 0.1) is 5.56 Å². The minimum atomic E-state index is -3.14. The van der Waals surface area contributed by atoms with Crippen molar-refractivity contribution in [2.45, 2.75) is 12.8 Å². The van der Waals surface area contributed by atoms with Gasteiger partial charge in [0, 0.05) is 14.0 Å². The molecule has 2 rings (SSSR count). The average molecular weight is 255 g/mol. The minimum absolute atomic E-state index is 0.0736. The van der Waals surface area contributed by atoms with Crippen LogP contribution in [-0.2, 0) is 13.0 Å². The van der Waals surface area contributed by atoms with Gasteiger partial charge in [0.25, 0.3) is 5.92 Å². The van der Waals surface area contributed by atoms with Crippen LogP contribution in [0.2, 0.25) is 0 Å². The third-order valence-corrected chi connectivity index (χ3v) is 2.62. The van der Waals surface area contributed by atoms with Gasteiger partial charge in [-0.1, -0.05) is 12.1 Å². The van der Waals surface area contributed by atoms with Crippen LogP contribution in [0.25, 0.3) is 11.1 Å². The molecule has 1 heterocycles. The standard InChI is InChI=1S/C12H12F3N3/c1-12(14,15)10-9(11(16)18(2)17-10)7-4-3-5-8(13)6-7/h3-6H,16H2,1-2H3. The Balaban J connectivity index is 2.70. The lowest BCUT2D eigenvalue weighted by Crippen LogP contribution is -2.10. The lowest BCUT2D eigenvalue weighted by atomic mass is 10.0. The van der Waals surface area contributed by atoms with Crippen molar-refractivity contribution < 1.29 is 13.2 Å². The van der Waals surface area contributed by atoms with Gasteiger partial charge < -0.3 is 5.73 Å². The summed E-state index contributed by atoms with van der Waals surface area (Å²) in [6, 6.07) is 5.35. The van der Waals surface area contributed by atoms with Crippen LogP contribution in [0.4, 0.5) is 19.0 Å². The zero-order valence-electron chi connectivity index (χ0n) is 9.92. The largest absolute Gasteiger partial charge is 0.383 e. The molecule has 0 spiro atoms. The SMILES string of the molecule is Cn1nc(C(C)(F)F)c(-c2cccc(F)c2)c1N. The second-order valence-corrected chi connectivity index (χ2v) is 4.13. The molecule has 0 saturated carbocycles. The smallest absolute Gasteiger partial charge is 0.289 e.